The lowest BCUT2D eigenvalue weighted by Gasteiger charge is -2.27. The van der Waals surface area contributed by atoms with Crippen molar-refractivity contribution >= 4 is 42.6 Å². The van der Waals surface area contributed by atoms with Crippen LogP contribution in [0, 0.1) is 6.92 Å². The molecule has 192 valence electrons. The number of hydrogen-bond donors (Lipinski definition) is 0. The Balaban J connectivity index is 1.37. The number of benzene rings is 2. The largest absolute Gasteiger partial charge is 0.379 e. The highest BCUT2D eigenvalue weighted by Crippen LogP contribution is 2.31. The fourth-order valence-electron chi connectivity index (χ4n) is 4.70. The van der Waals surface area contributed by atoms with Gasteiger partial charge in [-0.3, -0.25) is 14.6 Å². The third-order valence-corrected chi connectivity index (χ3v) is 9.73. The molecule has 3 aromatic rings. The van der Waals surface area contributed by atoms with E-state index in [0.717, 1.165) is 67.9 Å². The van der Waals surface area contributed by atoms with Crippen molar-refractivity contribution in [3.05, 3.63) is 53.6 Å². The van der Waals surface area contributed by atoms with Crippen LogP contribution >= 0.6 is 11.3 Å². The van der Waals surface area contributed by atoms with Gasteiger partial charge in [-0.1, -0.05) is 17.4 Å². The molecule has 10 heteroatoms. The van der Waals surface area contributed by atoms with Gasteiger partial charge in [0.2, 0.25) is 10.0 Å². The van der Waals surface area contributed by atoms with Gasteiger partial charge in [-0.15, -0.1) is 0 Å². The van der Waals surface area contributed by atoms with E-state index >= 15 is 0 Å². The number of aryl methyl sites for hydroxylation is 1. The fourth-order valence-corrected chi connectivity index (χ4v) is 7.30. The lowest BCUT2D eigenvalue weighted by Crippen LogP contribution is -2.39. The molecule has 1 amide bonds. The summed E-state index contributed by atoms with van der Waals surface area (Å²) in [5.41, 5.74) is 2.48. The second kappa shape index (κ2) is 10.9. The number of ether oxygens (including phenoxy) is 1. The van der Waals surface area contributed by atoms with Gasteiger partial charge in [0.05, 0.1) is 28.3 Å². The second-order valence-electron chi connectivity index (χ2n) is 9.37. The van der Waals surface area contributed by atoms with Gasteiger partial charge in [-0.25, -0.2) is 13.4 Å². The number of anilines is 1. The molecule has 0 spiro atoms. The minimum absolute atomic E-state index is 0.169. The van der Waals surface area contributed by atoms with Crippen LogP contribution in [0.3, 0.4) is 0 Å². The molecule has 2 saturated heterocycles. The van der Waals surface area contributed by atoms with Crippen molar-refractivity contribution in [2.45, 2.75) is 31.1 Å². The fraction of sp³-hybridized carbons (Fsp3) is 0.462. The summed E-state index contributed by atoms with van der Waals surface area (Å²) in [7, 11) is -3.52. The molecule has 0 radical (unpaired) electrons. The zero-order chi connectivity index (χ0) is 25.1. The predicted octanol–water partition coefficient (Wildman–Crippen LogP) is 3.76. The number of carbonyl (C=O) groups excluding carboxylic acids is 1. The number of hydrogen-bond acceptors (Lipinski definition) is 7. The molecular weight excluding hydrogens is 496 g/mol. The maximum atomic E-state index is 13.7. The van der Waals surface area contributed by atoms with Crippen LogP contribution in [0.2, 0.25) is 0 Å². The lowest BCUT2D eigenvalue weighted by molar-refractivity contribution is 0.0376. The summed E-state index contributed by atoms with van der Waals surface area (Å²) >= 11 is 1.51. The van der Waals surface area contributed by atoms with Crippen molar-refractivity contribution in [3.63, 3.8) is 0 Å². The van der Waals surface area contributed by atoms with E-state index in [4.69, 9.17) is 9.72 Å². The number of rotatable bonds is 8. The molecule has 2 aromatic carbocycles. The smallest absolute Gasteiger partial charge is 0.260 e. The van der Waals surface area contributed by atoms with Crippen LogP contribution in [-0.2, 0) is 14.8 Å². The number of fused-ring (bicyclic) bond motifs is 1. The van der Waals surface area contributed by atoms with Gasteiger partial charge in [-0.2, -0.15) is 4.31 Å². The topological polar surface area (TPSA) is 83.0 Å². The van der Waals surface area contributed by atoms with Gasteiger partial charge in [0, 0.05) is 44.8 Å². The van der Waals surface area contributed by atoms with Gasteiger partial charge in [0.1, 0.15) is 0 Å². The van der Waals surface area contributed by atoms with Crippen molar-refractivity contribution in [3.8, 4) is 0 Å². The number of thiazole rings is 1. The number of carbonyl (C=O) groups is 1. The Labute approximate surface area is 216 Å². The summed E-state index contributed by atoms with van der Waals surface area (Å²) < 4.78 is 33.8. The summed E-state index contributed by atoms with van der Waals surface area (Å²) in [6.07, 6.45) is 2.58. The van der Waals surface area contributed by atoms with Crippen LogP contribution in [0.15, 0.2) is 47.4 Å². The highest BCUT2D eigenvalue weighted by atomic mass is 32.2. The van der Waals surface area contributed by atoms with E-state index in [-0.39, 0.29) is 10.8 Å². The van der Waals surface area contributed by atoms with E-state index < -0.39 is 10.0 Å². The molecular formula is C26H32N4O4S2. The van der Waals surface area contributed by atoms with Crippen molar-refractivity contribution in [1.82, 2.24) is 14.2 Å². The minimum Gasteiger partial charge on any atom is -0.379 e. The van der Waals surface area contributed by atoms with E-state index in [1.165, 1.54) is 15.6 Å². The zero-order valence-electron chi connectivity index (χ0n) is 20.6. The third-order valence-electron chi connectivity index (χ3n) is 6.77. The molecule has 3 heterocycles. The third kappa shape index (κ3) is 5.47. The molecule has 0 unspecified atom stereocenters. The maximum Gasteiger partial charge on any atom is 0.260 e. The first-order valence-corrected chi connectivity index (χ1v) is 14.8. The van der Waals surface area contributed by atoms with Gasteiger partial charge in [0.15, 0.2) is 5.13 Å². The molecule has 2 aliphatic heterocycles. The quantitative estimate of drug-likeness (QED) is 0.443. The van der Waals surface area contributed by atoms with Crippen molar-refractivity contribution in [2.75, 3.05) is 57.4 Å². The molecule has 2 aliphatic rings. The molecule has 8 nitrogen and oxygen atoms in total. The van der Waals surface area contributed by atoms with E-state index in [9.17, 15) is 13.2 Å². The average Bonchev–Trinajstić information content (AvgIpc) is 3.58. The number of aromatic nitrogens is 1. The summed E-state index contributed by atoms with van der Waals surface area (Å²) in [5, 5.41) is 0.663. The van der Waals surface area contributed by atoms with Gasteiger partial charge >= 0.3 is 0 Å². The van der Waals surface area contributed by atoms with Crippen LogP contribution < -0.4 is 4.90 Å². The van der Waals surface area contributed by atoms with Crippen LogP contribution in [0.5, 0.6) is 0 Å². The second-order valence-corrected chi connectivity index (χ2v) is 12.3. The van der Waals surface area contributed by atoms with E-state index in [0.29, 0.717) is 30.3 Å². The standard InChI is InChI=1S/C26H32N4O4S2/c1-20-5-10-23-24(19-20)35-26(27-23)30(14-4-11-28-15-17-34-18-16-28)25(31)21-6-8-22(9-7-21)36(32,33)29-12-2-3-13-29/h5-10,19H,2-4,11-18H2,1H3. The van der Waals surface area contributed by atoms with E-state index in [1.807, 2.05) is 19.1 Å². The van der Waals surface area contributed by atoms with Crippen molar-refractivity contribution in [1.29, 1.82) is 0 Å². The molecule has 1 aromatic heterocycles. The molecule has 0 aliphatic carbocycles. The van der Waals surface area contributed by atoms with Gasteiger partial charge < -0.3 is 4.74 Å². The minimum atomic E-state index is -3.52. The SMILES string of the molecule is Cc1ccc2nc(N(CCCN3CCOCC3)C(=O)c3ccc(S(=O)(=O)N4CCCC4)cc3)sc2c1. The summed E-state index contributed by atoms with van der Waals surface area (Å²) in [4.78, 5) is 22.8. The Bertz CT molecular complexity index is 1310. The van der Waals surface area contributed by atoms with Gasteiger partial charge in [-0.05, 0) is 68.1 Å². The summed E-state index contributed by atoms with van der Waals surface area (Å²) in [6, 6.07) is 12.4. The molecule has 5 rings (SSSR count). The Morgan fingerprint density at radius 2 is 1.78 bits per heavy atom. The van der Waals surface area contributed by atoms with E-state index in [2.05, 4.69) is 11.0 Å². The number of sulfonamides is 1. The van der Waals surface area contributed by atoms with Crippen molar-refractivity contribution < 1.29 is 17.9 Å². The zero-order valence-corrected chi connectivity index (χ0v) is 22.2. The number of amides is 1. The highest BCUT2D eigenvalue weighted by Gasteiger charge is 2.28. The lowest BCUT2D eigenvalue weighted by atomic mass is 10.2. The Kier molecular flexibility index (Phi) is 7.68. The molecule has 0 N–H and O–H groups in total. The average molecular weight is 529 g/mol. The molecule has 0 atom stereocenters. The molecule has 2 fully saturated rings. The summed E-state index contributed by atoms with van der Waals surface area (Å²) in [5.74, 6) is -0.169. The van der Waals surface area contributed by atoms with Crippen LogP contribution in [0.1, 0.15) is 35.2 Å². The monoisotopic (exact) mass is 528 g/mol. The Morgan fingerprint density at radius 3 is 2.50 bits per heavy atom. The van der Waals surface area contributed by atoms with Crippen molar-refractivity contribution in [2.24, 2.45) is 0 Å². The first-order valence-electron chi connectivity index (χ1n) is 12.5. The normalized spacial score (nSPS) is 17.6. The first-order chi connectivity index (χ1) is 17.4. The summed E-state index contributed by atoms with van der Waals surface area (Å²) in [6.45, 7) is 7.85. The highest BCUT2D eigenvalue weighted by molar-refractivity contribution is 7.89. The maximum absolute atomic E-state index is 13.7. The molecule has 0 saturated carbocycles. The first kappa shape index (κ1) is 25.3. The van der Waals surface area contributed by atoms with Gasteiger partial charge in [0.25, 0.3) is 5.91 Å². The van der Waals surface area contributed by atoms with Crippen LogP contribution in [0.25, 0.3) is 10.2 Å². The Hall–Kier alpha value is -2.37. The molecule has 0 bridgehead atoms. The predicted molar refractivity (Wildman–Crippen MR) is 142 cm³/mol. The molecule has 36 heavy (non-hydrogen) atoms. The van der Waals surface area contributed by atoms with E-state index in [1.54, 1.807) is 29.2 Å². The Morgan fingerprint density at radius 1 is 1.06 bits per heavy atom. The van der Waals surface area contributed by atoms with Crippen LogP contribution in [-0.4, -0.2) is 81.0 Å². The number of nitrogens with zero attached hydrogens (tertiary/aromatic N) is 4. The van der Waals surface area contributed by atoms with Crippen LogP contribution in [0.4, 0.5) is 5.13 Å². The number of morpholine rings is 1.